The standard InChI is InChI=1S/C24H20BrN7O3S/c25-23-28-18(22(36-23)32-10-12-34-13-11-32)21-30-31-24(35-21)29-19-20(33)26-16-9-5-4-8-15(16)17(27-19)14-6-2-1-3-7-14/h1-9,19H,10-13H2,(H,26,33)(H,29,31). The zero-order valence-electron chi connectivity index (χ0n) is 18.8. The molecule has 2 aliphatic rings. The first-order valence-corrected chi connectivity index (χ1v) is 12.9. The van der Waals surface area contributed by atoms with E-state index in [4.69, 9.17) is 14.1 Å². The molecule has 2 aliphatic heterocycles. The van der Waals surface area contributed by atoms with E-state index in [1.54, 1.807) is 0 Å². The largest absolute Gasteiger partial charge is 0.402 e. The highest BCUT2D eigenvalue weighted by Crippen LogP contribution is 2.38. The molecule has 4 aromatic rings. The van der Waals surface area contributed by atoms with Gasteiger partial charge in [0.15, 0.2) is 9.61 Å². The number of benzodiazepines with no additional fused rings is 1. The lowest BCUT2D eigenvalue weighted by Crippen LogP contribution is -2.35. The highest BCUT2D eigenvalue weighted by atomic mass is 79.9. The first kappa shape index (κ1) is 22.8. The summed E-state index contributed by atoms with van der Waals surface area (Å²) in [6.07, 6.45) is -0.984. The number of para-hydroxylation sites is 1. The first-order valence-electron chi connectivity index (χ1n) is 11.3. The highest BCUT2D eigenvalue weighted by Gasteiger charge is 2.28. The number of halogens is 1. The molecule has 1 amide bonds. The number of thiazole rings is 1. The van der Waals surface area contributed by atoms with Crippen LogP contribution in [-0.2, 0) is 9.53 Å². The van der Waals surface area contributed by atoms with Gasteiger partial charge in [0.2, 0.25) is 6.17 Å². The number of amides is 1. The Morgan fingerprint density at radius 1 is 1.06 bits per heavy atom. The second-order valence-electron chi connectivity index (χ2n) is 8.06. The van der Waals surface area contributed by atoms with Gasteiger partial charge in [0.05, 0.1) is 24.6 Å². The molecule has 2 N–H and O–H groups in total. The lowest BCUT2D eigenvalue weighted by atomic mass is 10.0. The van der Waals surface area contributed by atoms with Crippen LogP contribution in [0.5, 0.6) is 0 Å². The molecule has 0 spiro atoms. The van der Waals surface area contributed by atoms with Gasteiger partial charge < -0.3 is 24.7 Å². The summed E-state index contributed by atoms with van der Waals surface area (Å²) >= 11 is 4.96. The minimum atomic E-state index is -0.984. The summed E-state index contributed by atoms with van der Waals surface area (Å²) in [5, 5.41) is 15.2. The number of carbonyl (C=O) groups excluding carboxylic acids is 1. The van der Waals surface area contributed by atoms with Gasteiger partial charge >= 0.3 is 6.01 Å². The van der Waals surface area contributed by atoms with Crippen molar-refractivity contribution in [3.8, 4) is 11.6 Å². The molecule has 182 valence electrons. The average molecular weight is 566 g/mol. The van der Waals surface area contributed by atoms with Crippen LogP contribution in [0.1, 0.15) is 11.1 Å². The number of nitrogens with zero attached hydrogens (tertiary/aromatic N) is 5. The molecule has 1 fully saturated rings. The molecular formula is C24H20BrN7O3S. The molecule has 1 atom stereocenters. The molecule has 1 unspecified atom stereocenters. The van der Waals surface area contributed by atoms with Gasteiger partial charge in [-0.25, -0.2) is 9.98 Å². The van der Waals surface area contributed by atoms with Crippen molar-refractivity contribution in [3.63, 3.8) is 0 Å². The third kappa shape index (κ3) is 4.50. The maximum Gasteiger partial charge on any atom is 0.317 e. The molecule has 1 saturated heterocycles. The van der Waals surface area contributed by atoms with Gasteiger partial charge in [-0.2, -0.15) is 0 Å². The summed E-state index contributed by atoms with van der Waals surface area (Å²) < 4.78 is 12.1. The van der Waals surface area contributed by atoms with Crippen LogP contribution >= 0.6 is 27.3 Å². The Kier molecular flexibility index (Phi) is 6.21. The van der Waals surface area contributed by atoms with E-state index in [2.05, 4.69) is 46.6 Å². The Balaban J connectivity index is 1.31. The maximum absolute atomic E-state index is 13.1. The second-order valence-corrected chi connectivity index (χ2v) is 10.3. The SMILES string of the molecule is O=C1Nc2ccccc2C(c2ccccc2)=NC1Nc1nnc(-c2nc(Br)sc2N2CCOCC2)o1. The molecule has 2 aromatic heterocycles. The molecule has 0 aliphatic carbocycles. The van der Waals surface area contributed by atoms with Crippen molar-refractivity contribution < 1.29 is 13.9 Å². The summed E-state index contributed by atoms with van der Waals surface area (Å²) in [5.74, 6) is -0.0796. The second kappa shape index (κ2) is 9.80. The number of carbonyl (C=O) groups is 1. The maximum atomic E-state index is 13.1. The van der Waals surface area contributed by atoms with E-state index < -0.39 is 6.17 Å². The predicted molar refractivity (Wildman–Crippen MR) is 141 cm³/mol. The van der Waals surface area contributed by atoms with Crippen molar-refractivity contribution in [3.05, 3.63) is 69.6 Å². The van der Waals surface area contributed by atoms with Crippen LogP contribution in [-0.4, -0.2) is 59.3 Å². The number of ether oxygens (including phenoxy) is 1. The van der Waals surface area contributed by atoms with Gasteiger partial charge in [-0.15, -0.1) is 5.10 Å². The first-order chi connectivity index (χ1) is 17.7. The topological polar surface area (TPSA) is 118 Å². The summed E-state index contributed by atoms with van der Waals surface area (Å²) in [4.78, 5) is 24.6. The average Bonchev–Trinajstić information content (AvgIpc) is 3.51. The van der Waals surface area contributed by atoms with Crippen molar-refractivity contribution in [1.29, 1.82) is 0 Å². The quantitative estimate of drug-likeness (QED) is 0.372. The fourth-order valence-electron chi connectivity index (χ4n) is 4.08. The summed E-state index contributed by atoms with van der Waals surface area (Å²) in [6.45, 7) is 2.79. The van der Waals surface area contributed by atoms with E-state index in [0.717, 1.165) is 29.2 Å². The number of aliphatic imine (C=N–C) groups is 1. The van der Waals surface area contributed by atoms with Gasteiger partial charge in [-0.1, -0.05) is 65.0 Å². The molecule has 6 rings (SSSR count). The smallest absolute Gasteiger partial charge is 0.317 e. The summed E-state index contributed by atoms with van der Waals surface area (Å²) in [7, 11) is 0. The molecule has 12 heteroatoms. The molecule has 0 saturated carbocycles. The van der Waals surface area contributed by atoms with E-state index in [0.29, 0.717) is 34.2 Å². The number of benzene rings is 2. The van der Waals surface area contributed by atoms with Crippen molar-refractivity contribution >= 4 is 55.6 Å². The van der Waals surface area contributed by atoms with Gasteiger partial charge in [0.1, 0.15) is 5.00 Å². The Hall–Kier alpha value is -3.61. The van der Waals surface area contributed by atoms with Gasteiger partial charge in [0, 0.05) is 24.2 Å². The molecule has 2 aromatic carbocycles. The fraction of sp³-hybridized carbons (Fsp3) is 0.208. The van der Waals surface area contributed by atoms with Crippen LogP contribution in [0.4, 0.5) is 16.7 Å². The van der Waals surface area contributed by atoms with Crippen LogP contribution < -0.4 is 15.5 Å². The molecule has 10 nitrogen and oxygen atoms in total. The number of hydrogen-bond acceptors (Lipinski definition) is 10. The van der Waals surface area contributed by atoms with Crippen LogP contribution in [0.15, 0.2) is 67.9 Å². The minimum absolute atomic E-state index is 0.0734. The Labute approximate surface area is 218 Å². The third-order valence-corrected chi connectivity index (χ3v) is 7.33. The fourth-order valence-corrected chi connectivity index (χ4v) is 5.56. The summed E-state index contributed by atoms with van der Waals surface area (Å²) in [6, 6.07) is 17.4. The highest BCUT2D eigenvalue weighted by molar-refractivity contribution is 9.11. The minimum Gasteiger partial charge on any atom is -0.402 e. The van der Waals surface area contributed by atoms with Gasteiger partial charge in [-0.05, 0) is 22.0 Å². The van der Waals surface area contributed by atoms with Crippen LogP contribution in [0.3, 0.4) is 0 Å². The van der Waals surface area contributed by atoms with Crippen molar-refractivity contribution in [2.24, 2.45) is 4.99 Å². The lowest BCUT2D eigenvalue weighted by molar-refractivity contribution is -0.116. The van der Waals surface area contributed by atoms with Crippen molar-refractivity contribution in [1.82, 2.24) is 15.2 Å². The number of aromatic nitrogens is 3. The van der Waals surface area contributed by atoms with E-state index in [-0.39, 0.29) is 17.8 Å². The van der Waals surface area contributed by atoms with E-state index in [1.807, 2.05) is 54.6 Å². The van der Waals surface area contributed by atoms with Gasteiger partial charge in [-0.3, -0.25) is 4.79 Å². The molecule has 4 heterocycles. The van der Waals surface area contributed by atoms with E-state index >= 15 is 0 Å². The van der Waals surface area contributed by atoms with E-state index in [9.17, 15) is 4.79 Å². The van der Waals surface area contributed by atoms with Crippen LogP contribution in [0.2, 0.25) is 0 Å². The molecular weight excluding hydrogens is 546 g/mol. The number of morpholine rings is 1. The summed E-state index contributed by atoms with van der Waals surface area (Å²) in [5.41, 5.74) is 3.67. The van der Waals surface area contributed by atoms with Gasteiger partial charge in [0.25, 0.3) is 11.8 Å². The zero-order valence-corrected chi connectivity index (χ0v) is 21.3. The molecule has 0 bridgehead atoms. The Morgan fingerprint density at radius 3 is 2.67 bits per heavy atom. The van der Waals surface area contributed by atoms with Crippen molar-refractivity contribution in [2.45, 2.75) is 6.17 Å². The number of hydrogen-bond donors (Lipinski definition) is 2. The lowest BCUT2D eigenvalue weighted by Gasteiger charge is -2.27. The predicted octanol–water partition coefficient (Wildman–Crippen LogP) is 4.02. The number of nitrogens with one attached hydrogen (secondary N) is 2. The van der Waals surface area contributed by atoms with Crippen LogP contribution in [0, 0.1) is 0 Å². The van der Waals surface area contributed by atoms with Crippen LogP contribution in [0.25, 0.3) is 11.6 Å². The zero-order chi connectivity index (χ0) is 24.5. The third-order valence-electron chi connectivity index (χ3n) is 5.76. The Bertz CT molecular complexity index is 1430. The monoisotopic (exact) mass is 565 g/mol. The number of anilines is 3. The Morgan fingerprint density at radius 2 is 1.83 bits per heavy atom. The number of rotatable bonds is 5. The molecule has 0 radical (unpaired) electrons. The normalized spacial score (nSPS) is 17.7. The van der Waals surface area contributed by atoms with E-state index in [1.165, 1.54) is 11.3 Å². The number of fused-ring (bicyclic) bond motifs is 1. The molecule has 36 heavy (non-hydrogen) atoms. The van der Waals surface area contributed by atoms with Crippen molar-refractivity contribution in [2.75, 3.05) is 41.8 Å².